The van der Waals surface area contributed by atoms with Gasteiger partial charge in [-0.15, -0.1) is 0 Å². The molecule has 0 N–H and O–H groups in total. The Morgan fingerprint density at radius 1 is 1.11 bits per heavy atom. The third-order valence-electron chi connectivity index (χ3n) is 5.52. The maximum atomic E-state index is 12.2. The highest BCUT2D eigenvalue weighted by atomic mass is 32.2. The highest BCUT2D eigenvalue weighted by Gasteiger charge is 2.32. The number of carbonyl (C=O) groups is 1. The second-order valence-corrected chi connectivity index (χ2v) is 9.30. The van der Waals surface area contributed by atoms with E-state index in [-0.39, 0.29) is 6.09 Å². The van der Waals surface area contributed by atoms with Crippen molar-refractivity contribution in [2.75, 3.05) is 37.3 Å². The van der Waals surface area contributed by atoms with E-state index in [0.29, 0.717) is 0 Å². The van der Waals surface area contributed by atoms with E-state index < -0.39 is 5.60 Å². The van der Waals surface area contributed by atoms with Crippen LogP contribution in [0, 0.1) is 11.8 Å². The summed E-state index contributed by atoms with van der Waals surface area (Å²) in [6.07, 6.45) is 8.29. The van der Waals surface area contributed by atoms with Crippen LogP contribution in [-0.2, 0) is 4.74 Å². The molecule has 0 aliphatic carbocycles. The van der Waals surface area contributed by atoms with Gasteiger partial charge >= 0.3 is 6.09 Å². The van der Waals surface area contributed by atoms with Crippen molar-refractivity contribution in [2.24, 2.45) is 11.8 Å². The van der Waals surface area contributed by atoms with Gasteiger partial charge in [0.1, 0.15) is 11.4 Å². The second kappa shape index (κ2) is 8.67. The molecule has 6 nitrogen and oxygen atoms in total. The minimum atomic E-state index is -0.419. The van der Waals surface area contributed by atoms with E-state index in [4.69, 9.17) is 4.74 Å². The molecule has 0 saturated carbocycles. The van der Waals surface area contributed by atoms with Gasteiger partial charge in [-0.1, -0.05) is 11.8 Å². The molecule has 3 heterocycles. The number of nitrogens with zero attached hydrogens (tertiary/aromatic N) is 4. The minimum Gasteiger partial charge on any atom is -0.444 e. The molecule has 7 heteroatoms. The molecule has 0 unspecified atom stereocenters. The fraction of sp³-hybridized carbons (Fsp3) is 0.750. The molecule has 1 aromatic rings. The maximum absolute atomic E-state index is 12.2. The summed E-state index contributed by atoms with van der Waals surface area (Å²) < 4.78 is 5.51. The lowest BCUT2D eigenvalue weighted by atomic mass is 9.79. The third-order valence-corrected chi connectivity index (χ3v) is 6.08. The molecule has 2 aliphatic rings. The largest absolute Gasteiger partial charge is 0.444 e. The number of amides is 1. The van der Waals surface area contributed by atoms with Crippen LogP contribution in [0.25, 0.3) is 0 Å². The number of likely N-dealkylation sites (tertiary alicyclic amines) is 1. The van der Waals surface area contributed by atoms with Crippen LogP contribution >= 0.6 is 11.8 Å². The molecule has 1 amide bonds. The van der Waals surface area contributed by atoms with Crippen LogP contribution in [-0.4, -0.2) is 59.0 Å². The first kappa shape index (κ1) is 20.2. The lowest BCUT2D eigenvalue weighted by Crippen LogP contribution is -2.44. The Hall–Kier alpha value is -1.50. The molecule has 0 radical (unpaired) electrons. The Balaban J connectivity index is 1.46. The fourth-order valence-corrected chi connectivity index (χ4v) is 4.44. The number of aromatic nitrogens is 2. The van der Waals surface area contributed by atoms with Crippen molar-refractivity contribution in [1.29, 1.82) is 0 Å². The van der Waals surface area contributed by atoms with Gasteiger partial charge in [-0.05, 0) is 70.6 Å². The Bertz CT molecular complexity index is 633. The zero-order valence-corrected chi connectivity index (χ0v) is 17.8. The molecular formula is C20H32N4O2S. The van der Waals surface area contributed by atoms with Crippen molar-refractivity contribution >= 4 is 23.7 Å². The normalized spacial score (nSPS) is 20.0. The molecule has 27 heavy (non-hydrogen) atoms. The average molecular weight is 393 g/mol. The van der Waals surface area contributed by atoms with Crippen LogP contribution in [0.5, 0.6) is 0 Å². The van der Waals surface area contributed by atoms with E-state index in [0.717, 1.165) is 61.8 Å². The summed E-state index contributed by atoms with van der Waals surface area (Å²) in [5, 5.41) is 0.837. The lowest BCUT2D eigenvalue weighted by molar-refractivity contribution is 0.0152. The molecule has 2 fully saturated rings. The number of hydrogen-bond acceptors (Lipinski definition) is 6. The van der Waals surface area contributed by atoms with Gasteiger partial charge in [0.25, 0.3) is 0 Å². The number of ether oxygens (including phenoxy) is 1. The molecule has 0 atom stereocenters. The molecule has 150 valence electrons. The van der Waals surface area contributed by atoms with Crippen LogP contribution in [0.1, 0.15) is 46.5 Å². The lowest BCUT2D eigenvalue weighted by Gasteiger charge is -2.40. The molecule has 2 aliphatic heterocycles. The Kier molecular flexibility index (Phi) is 6.50. The van der Waals surface area contributed by atoms with Crippen LogP contribution in [0.4, 0.5) is 10.6 Å². The summed E-state index contributed by atoms with van der Waals surface area (Å²) in [6, 6.07) is 2.01. The van der Waals surface area contributed by atoms with E-state index in [1.165, 1.54) is 12.8 Å². The van der Waals surface area contributed by atoms with Gasteiger partial charge in [0.2, 0.25) is 0 Å². The fourth-order valence-electron chi connectivity index (χ4n) is 4.09. The number of thioether (sulfide) groups is 1. The number of hydrogen-bond donors (Lipinski definition) is 0. The van der Waals surface area contributed by atoms with Gasteiger partial charge in [0, 0.05) is 32.4 Å². The number of anilines is 1. The van der Waals surface area contributed by atoms with E-state index >= 15 is 0 Å². The van der Waals surface area contributed by atoms with Gasteiger partial charge in [0.05, 0.1) is 0 Å². The summed E-state index contributed by atoms with van der Waals surface area (Å²) in [5.41, 5.74) is -0.419. The highest BCUT2D eigenvalue weighted by molar-refractivity contribution is 7.98. The first-order valence-electron chi connectivity index (χ1n) is 9.95. The Labute approximate surface area is 167 Å². The molecule has 3 rings (SSSR count). The standard InChI is InChI=1S/C20H32N4O2S/c1-20(2,3)26-19(25)24-13-8-16(9-14-24)15-6-11-23(12-7-15)17-5-10-21-18(22-17)27-4/h5,10,15-16H,6-9,11-14H2,1-4H3. The van der Waals surface area contributed by atoms with Crippen molar-refractivity contribution < 1.29 is 9.53 Å². The molecular weight excluding hydrogens is 360 g/mol. The van der Waals surface area contributed by atoms with E-state index in [1.54, 1.807) is 11.8 Å². The first-order chi connectivity index (χ1) is 12.9. The second-order valence-electron chi connectivity index (χ2n) is 8.53. The van der Waals surface area contributed by atoms with Crippen LogP contribution < -0.4 is 4.90 Å². The van der Waals surface area contributed by atoms with Crippen molar-refractivity contribution in [3.05, 3.63) is 12.3 Å². The Morgan fingerprint density at radius 3 is 2.26 bits per heavy atom. The van der Waals surface area contributed by atoms with Gasteiger partial charge in [-0.2, -0.15) is 0 Å². The van der Waals surface area contributed by atoms with Crippen LogP contribution in [0.2, 0.25) is 0 Å². The number of carbonyl (C=O) groups excluding carboxylic acids is 1. The predicted molar refractivity (Wildman–Crippen MR) is 109 cm³/mol. The molecule has 2 saturated heterocycles. The SMILES string of the molecule is CSc1nccc(N2CCC(C3CCN(C(=O)OC(C)(C)C)CC3)CC2)n1. The molecule has 0 bridgehead atoms. The number of rotatable bonds is 3. The average Bonchev–Trinajstić information content (AvgIpc) is 2.67. The third kappa shape index (κ3) is 5.50. The zero-order valence-electron chi connectivity index (χ0n) is 17.0. The summed E-state index contributed by atoms with van der Waals surface area (Å²) in [6.45, 7) is 9.52. The van der Waals surface area contributed by atoms with Crippen molar-refractivity contribution in [1.82, 2.24) is 14.9 Å². The van der Waals surface area contributed by atoms with Crippen molar-refractivity contribution in [2.45, 2.75) is 57.2 Å². The summed E-state index contributed by atoms with van der Waals surface area (Å²) in [7, 11) is 0. The van der Waals surface area contributed by atoms with Crippen molar-refractivity contribution in [3.63, 3.8) is 0 Å². The zero-order chi connectivity index (χ0) is 19.4. The first-order valence-corrected chi connectivity index (χ1v) is 11.2. The number of piperidine rings is 2. The Morgan fingerprint density at radius 2 is 1.70 bits per heavy atom. The topological polar surface area (TPSA) is 58.6 Å². The van der Waals surface area contributed by atoms with E-state index in [9.17, 15) is 4.79 Å². The van der Waals surface area contributed by atoms with Gasteiger partial charge < -0.3 is 14.5 Å². The summed E-state index contributed by atoms with van der Waals surface area (Å²) in [5.74, 6) is 2.52. The quantitative estimate of drug-likeness (QED) is 0.571. The molecule has 0 spiro atoms. The van der Waals surface area contributed by atoms with E-state index in [2.05, 4.69) is 14.9 Å². The highest BCUT2D eigenvalue weighted by Crippen LogP contribution is 2.34. The van der Waals surface area contributed by atoms with Gasteiger partial charge in [0.15, 0.2) is 5.16 Å². The minimum absolute atomic E-state index is 0.163. The van der Waals surface area contributed by atoms with Gasteiger partial charge in [-0.3, -0.25) is 0 Å². The van der Waals surface area contributed by atoms with Crippen LogP contribution in [0.3, 0.4) is 0 Å². The monoisotopic (exact) mass is 392 g/mol. The molecule has 0 aromatic carbocycles. The summed E-state index contributed by atoms with van der Waals surface area (Å²) in [4.78, 5) is 25.4. The van der Waals surface area contributed by atoms with Crippen molar-refractivity contribution in [3.8, 4) is 0 Å². The van der Waals surface area contributed by atoms with E-state index in [1.807, 2.05) is 44.2 Å². The smallest absolute Gasteiger partial charge is 0.410 e. The van der Waals surface area contributed by atoms with Gasteiger partial charge in [-0.25, -0.2) is 14.8 Å². The van der Waals surface area contributed by atoms with Crippen LogP contribution in [0.15, 0.2) is 17.4 Å². The maximum Gasteiger partial charge on any atom is 0.410 e. The predicted octanol–water partition coefficient (Wildman–Crippen LogP) is 4.06. The summed E-state index contributed by atoms with van der Waals surface area (Å²) >= 11 is 1.58. The molecule has 1 aromatic heterocycles.